The highest BCUT2D eigenvalue weighted by atomic mass is 79.9. The molecule has 0 saturated heterocycles. The van der Waals surface area contributed by atoms with Gasteiger partial charge in [0.1, 0.15) is 5.69 Å². The zero-order chi connectivity index (χ0) is 17.6. The molecule has 0 radical (unpaired) electrons. The predicted octanol–water partition coefficient (Wildman–Crippen LogP) is 3.02. The summed E-state index contributed by atoms with van der Waals surface area (Å²) in [7, 11) is 0. The number of H-pyrrole nitrogens is 1. The summed E-state index contributed by atoms with van der Waals surface area (Å²) in [6.07, 6.45) is 4.77. The van der Waals surface area contributed by atoms with Crippen LogP contribution in [0.4, 0.5) is 0 Å². The van der Waals surface area contributed by atoms with Crippen molar-refractivity contribution >= 4 is 27.7 Å². The van der Waals surface area contributed by atoms with Crippen LogP contribution in [0.3, 0.4) is 0 Å². The van der Waals surface area contributed by atoms with Gasteiger partial charge < -0.3 is 10.6 Å². The Balaban J connectivity index is 1.47. The lowest BCUT2D eigenvalue weighted by Gasteiger charge is -2.11. The maximum Gasteiger partial charge on any atom is 0.269 e. The molecule has 0 bridgehead atoms. The summed E-state index contributed by atoms with van der Waals surface area (Å²) in [5.74, 6) is -0.267. The Kier molecular flexibility index (Phi) is 5.86. The smallest absolute Gasteiger partial charge is 0.269 e. The fourth-order valence-electron chi connectivity index (χ4n) is 2.96. The summed E-state index contributed by atoms with van der Waals surface area (Å²) in [4.78, 5) is 24.0. The van der Waals surface area contributed by atoms with E-state index in [1.807, 2.05) is 24.3 Å². The lowest BCUT2D eigenvalue weighted by molar-refractivity contribution is -0.121. The molecule has 1 saturated carbocycles. The van der Waals surface area contributed by atoms with Crippen LogP contribution in [0.15, 0.2) is 34.8 Å². The maximum atomic E-state index is 12.1. The first-order chi connectivity index (χ1) is 12.1. The molecule has 1 heterocycles. The van der Waals surface area contributed by atoms with E-state index < -0.39 is 0 Å². The van der Waals surface area contributed by atoms with Crippen molar-refractivity contribution in [3.63, 3.8) is 0 Å². The summed E-state index contributed by atoms with van der Waals surface area (Å²) in [5, 5.41) is 12.7. The van der Waals surface area contributed by atoms with E-state index in [-0.39, 0.29) is 18.2 Å². The highest BCUT2D eigenvalue weighted by Gasteiger charge is 2.17. The van der Waals surface area contributed by atoms with Crippen LogP contribution in [0.1, 0.15) is 42.6 Å². The van der Waals surface area contributed by atoms with Gasteiger partial charge in [0.25, 0.3) is 5.91 Å². The van der Waals surface area contributed by atoms with Gasteiger partial charge in [-0.2, -0.15) is 5.10 Å². The average Bonchev–Trinajstić information content (AvgIpc) is 3.27. The summed E-state index contributed by atoms with van der Waals surface area (Å²) in [6.45, 7) is 0.310. The van der Waals surface area contributed by atoms with Crippen molar-refractivity contribution in [2.75, 3.05) is 6.54 Å². The number of benzene rings is 1. The number of aromatic amines is 1. The van der Waals surface area contributed by atoms with E-state index in [9.17, 15) is 9.59 Å². The van der Waals surface area contributed by atoms with Crippen molar-refractivity contribution in [2.45, 2.75) is 38.1 Å². The molecular weight excluding hydrogens is 384 g/mol. The lowest BCUT2D eigenvalue weighted by Crippen LogP contribution is -2.35. The molecule has 25 heavy (non-hydrogen) atoms. The van der Waals surface area contributed by atoms with Crippen molar-refractivity contribution in [3.05, 3.63) is 40.5 Å². The molecule has 1 aliphatic rings. The molecule has 0 aliphatic heterocycles. The third-order valence-electron chi connectivity index (χ3n) is 4.32. The van der Waals surface area contributed by atoms with Crippen molar-refractivity contribution in [2.24, 2.45) is 0 Å². The molecule has 6 nitrogen and oxygen atoms in total. The molecule has 1 aromatic carbocycles. The fourth-order valence-corrected chi connectivity index (χ4v) is 3.23. The van der Waals surface area contributed by atoms with Gasteiger partial charge in [-0.3, -0.25) is 14.7 Å². The monoisotopic (exact) mass is 404 g/mol. The molecule has 0 unspecified atom stereocenters. The SMILES string of the molecule is O=C(CCNC(=O)c1cc(-c2ccc(Br)cc2)n[nH]1)NC1CCCC1. The minimum atomic E-state index is -0.260. The number of carbonyl (C=O) groups excluding carboxylic acids is 2. The number of nitrogens with one attached hydrogen (secondary N) is 3. The molecule has 3 rings (SSSR count). The molecule has 1 aliphatic carbocycles. The van der Waals surface area contributed by atoms with Gasteiger partial charge in [0.15, 0.2) is 0 Å². The van der Waals surface area contributed by atoms with Gasteiger partial charge in [0.05, 0.1) is 5.69 Å². The fraction of sp³-hybridized carbons (Fsp3) is 0.389. The molecule has 132 valence electrons. The van der Waals surface area contributed by atoms with E-state index in [1.165, 1.54) is 12.8 Å². The number of hydrogen-bond acceptors (Lipinski definition) is 3. The van der Waals surface area contributed by atoms with Crippen LogP contribution in [0.25, 0.3) is 11.3 Å². The van der Waals surface area contributed by atoms with Crippen LogP contribution < -0.4 is 10.6 Å². The number of nitrogens with zero attached hydrogens (tertiary/aromatic N) is 1. The quantitative estimate of drug-likeness (QED) is 0.691. The van der Waals surface area contributed by atoms with E-state index >= 15 is 0 Å². The number of carbonyl (C=O) groups is 2. The molecule has 7 heteroatoms. The van der Waals surface area contributed by atoms with Crippen LogP contribution in [-0.2, 0) is 4.79 Å². The zero-order valence-electron chi connectivity index (χ0n) is 13.8. The van der Waals surface area contributed by atoms with Gasteiger partial charge in [-0.05, 0) is 31.0 Å². The Hall–Kier alpha value is -2.15. The van der Waals surface area contributed by atoms with Gasteiger partial charge in [0, 0.05) is 29.0 Å². The Labute approximate surface area is 154 Å². The van der Waals surface area contributed by atoms with Gasteiger partial charge in [-0.15, -0.1) is 0 Å². The molecule has 0 spiro atoms. The first kappa shape index (κ1) is 17.7. The maximum absolute atomic E-state index is 12.1. The highest BCUT2D eigenvalue weighted by Crippen LogP contribution is 2.20. The largest absolute Gasteiger partial charge is 0.353 e. The molecule has 1 fully saturated rings. The van der Waals surface area contributed by atoms with Crippen LogP contribution in [0.2, 0.25) is 0 Å². The Morgan fingerprint density at radius 3 is 2.64 bits per heavy atom. The summed E-state index contributed by atoms with van der Waals surface area (Å²) >= 11 is 3.39. The van der Waals surface area contributed by atoms with E-state index in [4.69, 9.17) is 0 Å². The van der Waals surface area contributed by atoms with E-state index in [0.717, 1.165) is 22.9 Å². The van der Waals surface area contributed by atoms with E-state index in [0.29, 0.717) is 24.0 Å². The molecule has 3 N–H and O–H groups in total. The first-order valence-corrected chi connectivity index (χ1v) is 9.30. The van der Waals surface area contributed by atoms with Crippen molar-refractivity contribution in [1.82, 2.24) is 20.8 Å². The van der Waals surface area contributed by atoms with Crippen molar-refractivity contribution < 1.29 is 9.59 Å². The van der Waals surface area contributed by atoms with Gasteiger partial charge in [-0.1, -0.05) is 40.9 Å². The Morgan fingerprint density at radius 2 is 1.92 bits per heavy atom. The van der Waals surface area contributed by atoms with Crippen LogP contribution in [-0.4, -0.2) is 34.6 Å². The standard InChI is InChI=1S/C18H21BrN4O2/c19-13-7-5-12(6-8-13)15-11-16(23-22-15)18(25)20-10-9-17(24)21-14-3-1-2-4-14/h5-8,11,14H,1-4,9-10H2,(H,20,25)(H,21,24)(H,22,23). The topological polar surface area (TPSA) is 86.9 Å². The second-order valence-corrected chi connectivity index (χ2v) is 7.14. The average molecular weight is 405 g/mol. The predicted molar refractivity (Wildman–Crippen MR) is 99.1 cm³/mol. The van der Waals surface area contributed by atoms with Crippen molar-refractivity contribution in [3.8, 4) is 11.3 Å². The molecule has 1 aromatic heterocycles. The minimum Gasteiger partial charge on any atom is -0.353 e. The van der Waals surface area contributed by atoms with Crippen molar-refractivity contribution in [1.29, 1.82) is 0 Å². The van der Waals surface area contributed by atoms with Crippen LogP contribution >= 0.6 is 15.9 Å². The second-order valence-electron chi connectivity index (χ2n) is 6.23. The van der Waals surface area contributed by atoms with Gasteiger partial charge >= 0.3 is 0 Å². The number of amides is 2. The van der Waals surface area contributed by atoms with E-state index in [1.54, 1.807) is 6.07 Å². The van der Waals surface area contributed by atoms with Gasteiger partial charge in [0.2, 0.25) is 5.91 Å². The van der Waals surface area contributed by atoms with Crippen LogP contribution in [0, 0.1) is 0 Å². The van der Waals surface area contributed by atoms with Crippen LogP contribution in [0.5, 0.6) is 0 Å². The lowest BCUT2D eigenvalue weighted by atomic mass is 10.1. The molecule has 2 aromatic rings. The Morgan fingerprint density at radius 1 is 1.20 bits per heavy atom. The summed E-state index contributed by atoms with van der Waals surface area (Å²) in [5.41, 5.74) is 2.01. The minimum absolute atomic E-state index is 0.00707. The first-order valence-electron chi connectivity index (χ1n) is 8.51. The normalized spacial score (nSPS) is 14.4. The number of aromatic nitrogens is 2. The number of halogens is 1. The third-order valence-corrected chi connectivity index (χ3v) is 4.85. The zero-order valence-corrected chi connectivity index (χ0v) is 15.4. The summed E-state index contributed by atoms with van der Waals surface area (Å²) in [6, 6.07) is 9.71. The highest BCUT2D eigenvalue weighted by molar-refractivity contribution is 9.10. The Bertz CT molecular complexity index is 736. The molecular formula is C18H21BrN4O2. The number of hydrogen-bond donors (Lipinski definition) is 3. The van der Waals surface area contributed by atoms with E-state index in [2.05, 4.69) is 36.8 Å². The number of rotatable bonds is 6. The second kappa shape index (κ2) is 8.29. The third kappa shape index (κ3) is 4.92. The summed E-state index contributed by atoms with van der Waals surface area (Å²) < 4.78 is 0.987. The molecule has 0 atom stereocenters. The molecule has 2 amide bonds. The van der Waals surface area contributed by atoms with Gasteiger partial charge in [-0.25, -0.2) is 0 Å².